The molecule has 3 fully saturated rings. The zero-order chi connectivity index (χ0) is 54.8. The van der Waals surface area contributed by atoms with E-state index in [2.05, 4.69) is 79.9 Å². The summed E-state index contributed by atoms with van der Waals surface area (Å²) >= 11 is 0. The Bertz CT molecular complexity index is 1660. The highest BCUT2D eigenvalue weighted by atomic mass is 16.8. The molecule has 3 aliphatic rings. The standard InChI is InChI=1S/C56H95NO18/c1-3-5-7-9-11-13-15-17-19-21-23-25-27-29-31-33-40(61)39(57-44(62)34-32-30-28-26-24-22-20-18-16-14-12-10-8-6-4-2)38-70-54-50(68)47(65)52(42(36-59)72-54)75-56-51(69)48(66)53(43(37-60)73-56)74-55-49(67)46(64)45(63)41(35-58)71-55/h6,8,12,14,18,20,23-26,31,33,39-43,45-56,58-61,63-69H,3-5,7,9-11,13,15-17,19,21-22,27-30,32,34-38H2,1-2H3,(H,57,62)/b8-6-,14-12-,20-18-,25-23+,26-24-,33-31+. The Morgan fingerprint density at radius 2 is 0.933 bits per heavy atom. The normalized spacial score (nSPS) is 31.8. The van der Waals surface area contributed by atoms with Crippen molar-refractivity contribution in [3.63, 3.8) is 0 Å². The number of carbonyl (C=O) groups is 1. The molecule has 3 rings (SSSR count). The van der Waals surface area contributed by atoms with Crippen molar-refractivity contribution in [1.82, 2.24) is 5.32 Å². The van der Waals surface area contributed by atoms with Gasteiger partial charge in [-0.3, -0.25) is 4.79 Å². The van der Waals surface area contributed by atoms with Crippen molar-refractivity contribution >= 4 is 5.91 Å². The summed E-state index contributed by atoms with van der Waals surface area (Å²) in [5.74, 6) is -0.331. The van der Waals surface area contributed by atoms with Gasteiger partial charge >= 0.3 is 0 Å². The molecule has 3 aliphatic heterocycles. The Kier molecular flexibility index (Phi) is 35.1. The molecule has 0 radical (unpaired) electrons. The number of aliphatic hydroxyl groups is 11. The Labute approximate surface area is 445 Å². The molecule has 0 bridgehead atoms. The van der Waals surface area contributed by atoms with Gasteiger partial charge in [0.1, 0.15) is 73.2 Å². The predicted molar refractivity (Wildman–Crippen MR) is 281 cm³/mol. The second-order valence-corrected chi connectivity index (χ2v) is 19.7. The van der Waals surface area contributed by atoms with Crippen LogP contribution in [0.5, 0.6) is 0 Å². The molecule has 12 N–H and O–H groups in total. The van der Waals surface area contributed by atoms with Crippen LogP contribution in [0.1, 0.15) is 142 Å². The van der Waals surface area contributed by atoms with E-state index in [0.29, 0.717) is 12.8 Å². The zero-order valence-corrected chi connectivity index (χ0v) is 44.5. The van der Waals surface area contributed by atoms with Crippen molar-refractivity contribution in [2.45, 2.75) is 247 Å². The first-order valence-corrected chi connectivity index (χ1v) is 27.7. The lowest BCUT2D eigenvalue weighted by molar-refractivity contribution is -0.379. The SMILES string of the molecule is CC/C=C\C/C=C\C/C=C\C/C=C\CCCCC(=O)NC(COC1OC(CO)C(OC2OC(CO)C(OC3OC(CO)C(O)C(O)C3O)C(O)C2O)C(O)C1O)C(O)/C=C/CC/C=C/CCCCCCCCCCC. The number of rotatable bonds is 38. The van der Waals surface area contributed by atoms with E-state index in [1.807, 2.05) is 6.08 Å². The van der Waals surface area contributed by atoms with Gasteiger partial charge in [-0.15, -0.1) is 0 Å². The average molecular weight is 1070 g/mol. The van der Waals surface area contributed by atoms with Crippen LogP contribution in [0.25, 0.3) is 0 Å². The third-order valence-corrected chi connectivity index (χ3v) is 13.5. The molecule has 3 heterocycles. The highest BCUT2D eigenvalue weighted by Gasteiger charge is 2.53. The first-order valence-electron chi connectivity index (χ1n) is 27.7. The molecule has 0 spiro atoms. The second kappa shape index (κ2) is 39.6. The summed E-state index contributed by atoms with van der Waals surface area (Å²) in [5, 5.41) is 120. The van der Waals surface area contributed by atoms with Crippen LogP contribution >= 0.6 is 0 Å². The van der Waals surface area contributed by atoms with Crippen LogP contribution in [0, 0.1) is 0 Å². The summed E-state index contributed by atoms with van der Waals surface area (Å²) in [4.78, 5) is 13.2. The van der Waals surface area contributed by atoms with Crippen LogP contribution in [0.2, 0.25) is 0 Å². The van der Waals surface area contributed by atoms with Crippen molar-refractivity contribution in [2.75, 3.05) is 26.4 Å². The molecule has 0 aromatic carbocycles. The molecule has 17 unspecified atom stereocenters. The molecule has 19 nitrogen and oxygen atoms in total. The number of aliphatic hydroxyl groups excluding tert-OH is 11. The molecule has 0 saturated carbocycles. The third-order valence-electron chi connectivity index (χ3n) is 13.5. The van der Waals surface area contributed by atoms with E-state index in [1.165, 1.54) is 51.4 Å². The zero-order valence-electron chi connectivity index (χ0n) is 44.5. The third kappa shape index (κ3) is 24.4. The lowest BCUT2D eigenvalue weighted by atomic mass is 9.96. The number of carbonyl (C=O) groups excluding carboxylic acids is 1. The lowest BCUT2D eigenvalue weighted by Gasteiger charge is -2.48. The lowest BCUT2D eigenvalue weighted by Crippen LogP contribution is -2.66. The van der Waals surface area contributed by atoms with E-state index < -0.39 is 124 Å². The quantitative estimate of drug-likeness (QED) is 0.0311. The molecule has 0 aromatic heterocycles. The van der Waals surface area contributed by atoms with Crippen LogP contribution in [-0.2, 0) is 33.2 Å². The number of nitrogens with one attached hydrogen (secondary N) is 1. The monoisotopic (exact) mass is 1070 g/mol. The van der Waals surface area contributed by atoms with E-state index >= 15 is 0 Å². The summed E-state index contributed by atoms with van der Waals surface area (Å²) in [7, 11) is 0. The average Bonchev–Trinajstić information content (AvgIpc) is 3.41. The smallest absolute Gasteiger partial charge is 0.220 e. The topological polar surface area (TPSA) is 307 Å². The summed E-state index contributed by atoms with van der Waals surface area (Å²) in [6.45, 7) is 1.51. The summed E-state index contributed by atoms with van der Waals surface area (Å²) < 4.78 is 34.1. The van der Waals surface area contributed by atoms with Gasteiger partial charge in [-0.1, -0.05) is 138 Å². The first kappa shape index (κ1) is 66.5. The number of hydrogen-bond donors (Lipinski definition) is 12. The van der Waals surface area contributed by atoms with Gasteiger partial charge in [0, 0.05) is 6.42 Å². The van der Waals surface area contributed by atoms with Gasteiger partial charge in [0.15, 0.2) is 18.9 Å². The first-order chi connectivity index (χ1) is 36.3. The van der Waals surface area contributed by atoms with Crippen LogP contribution in [-0.4, -0.2) is 193 Å². The van der Waals surface area contributed by atoms with Gasteiger partial charge in [-0.25, -0.2) is 0 Å². The molecule has 0 aromatic rings. The van der Waals surface area contributed by atoms with E-state index in [-0.39, 0.29) is 18.9 Å². The number of ether oxygens (including phenoxy) is 6. The summed E-state index contributed by atoms with van der Waals surface area (Å²) in [6.07, 6.45) is 17.6. The molecular weight excluding hydrogens is 975 g/mol. The predicted octanol–water partition coefficient (Wildman–Crippen LogP) is 3.48. The highest BCUT2D eigenvalue weighted by Crippen LogP contribution is 2.33. The van der Waals surface area contributed by atoms with Crippen LogP contribution in [0.15, 0.2) is 72.9 Å². The molecule has 0 aliphatic carbocycles. The van der Waals surface area contributed by atoms with Crippen molar-refractivity contribution in [3.8, 4) is 0 Å². The number of unbranched alkanes of at least 4 members (excludes halogenated alkanes) is 12. The maximum absolute atomic E-state index is 13.2. The van der Waals surface area contributed by atoms with Gasteiger partial charge in [-0.2, -0.15) is 0 Å². The fourth-order valence-electron chi connectivity index (χ4n) is 8.90. The van der Waals surface area contributed by atoms with Gasteiger partial charge < -0.3 is 89.9 Å². The van der Waals surface area contributed by atoms with Crippen molar-refractivity contribution in [2.24, 2.45) is 0 Å². The van der Waals surface area contributed by atoms with Gasteiger partial charge in [-0.05, 0) is 70.6 Å². The summed E-state index contributed by atoms with van der Waals surface area (Å²) in [5.41, 5.74) is 0. The molecular formula is C56H95NO18. The summed E-state index contributed by atoms with van der Waals surface area (Å²) in [6, 6.07) is -1.01. The minimum absolute atomic E-state index is 0.179. The van der Waals surface area contributed by atoms with Crippen molar-refractivity contribution in [1.29, 1.82) is 0 Å². The number of amides is 1. The van der Waals surface area contributed by atoms with E-state index in [0.717, 1.165) is 57.8 Å². The number of hydrogen-bond acceptors (Lipinski definition) is 18. The van der Waals surface area contributed by atoms with Gasteiger partial charge in [0.05, 0.1) is 38.6 Å². The van der Waals surface area contributed by atoms with E-state index in [4.69, 9.17) is 28.4 Å². The fourth-order valence-corrected chi connectivity index (χ4v) is 8.90. The van der Waals surface area contributed by atoms with Crippen LogP contribution in [0.3, 0.4) is 0 Å². The van der Waals surface area contributed by atoms with E-state index in [9.17, 15) is 61.0 Å². The molecule has 19 heteroatoms. The largest absolute Gasteiger partial charge is 0.394 e. The molecule has 75 heavy (non-hydrogen) atoms. The molecule has 3 saturated heterocycles. The second-order valence-electron chi connectivity index (χ2n) is 19.7. The Hall–Kier alpha value is -2.77. The maximum Gasteiger partial charge on any atom is 0.220 e. The fraction of sp³-hybridized carbons (Fsp3) is 0.768. The molecule has 1 amide bonds. The van der Waals surface area contributed by atoms with Crippen LogP contribution < -0.4 is 5.32 Å². The minimum atomic E-state index is -1.99. The number of allylic oxidation sites excluding steroid dienone is 11. The Morgan fingerprint density at radius 1 is 0.493 bits per heavy atom. The highest BCUT2D eigenvalue weighted by molar-refractivity contribution is 5.76. The molecule has 17 atom stereocenters. The van der Waals surface area contributed by atoms with Gasteiger partial charge in [0.2, 0.25) is 5.91 Å². The van der Waals surface area contributed by atoms with Crippen molar-refractivity contribution in [3.05, 3.63) is 72.9 Å². The maximum atomic E-state index is 13.2. The molecule has 432 valence electrons. The van der Waals surface area contributed by atoms with Gasteiger partial charge in [0.25, 0.3) is 0 Å². The Morgan fingerprint density at radius 3 is 1.49 bits per heavy atom. The van der Waals surface area contributed by atoms with Crippen LogP contribution in [0.4, 0.5) is 0 Å². The Balaban J connectivity index is 1.57. The van der Waals surface area contributed by atoms with Crippen molar-refractivity contribution < 1.29 is 89.4 Å². The minimum Gasteiger partial charge on any atom is -0.394 e. The van der Waals surface area contributed by atoms with E-state index in [1.54, 1.807) is 6.08 Å².